The van der Waals surface area contributed by atoms with Gasteiger partial charge in [0.15, 0.2) is 0 Å². The second kappa shape index (κ2) is 7.63. The minimum Gasteiger partial charge on any atom is -0.478 e. The van der Waals surface area contributed by atoms with E-state index in [9.17, 15) is 0 Å². The van der Waals surface area contributed by atoms with Gasteiger partial charge in [0, 0.05) is 18.1 Å². The van der Waals surface area contributed by atoms with E-state index < -0.39 is 0 Å². The molecule has 1 rings (SSSR count). The number of unbranched alkanes of at least 4 members (excludes halogenated alkanes) is 3. The van der Waals surface area contributed by atoms with Crippen LogP contribution < -0.4 is 4.74 Å². The Labute approximate surface area is 90.3 Å². The predicted molar refractivity (Wildman–Crippen MR) is 58.9 cm³/mol. The van der Waals surface area contributed by atoms with Crippen molar-refractivity contribution in [3.63, 3.8) is 0 Å². The first kappa shape index (κ1) is 11.3. The quantitative estimate of drug-likeness (QED) is 0.513. The average molecular weight is 214 g/mol. The molecule has 0 saturated carbocycles. The Balaban J connectivity index is 1.99. The van der Waals surface area contributed by atoms with Gasteiger partial charge in [-0.1, -0.05) is 18.9 Å². The van der Waals surface area contributed by atoms with Crippen molar-refractivity contribution in [2.75, 3.05) is 12.5 Å². The molecule has 0 bridgehead atoms. The molecule has 0 aromatic carbocycles. The number of nitrogens with zero attached hydrogens (tertiary/aromatic N) is 1. The van der Waals surface area contributed by atoms with Gasteiger partial charge in [0.05, 0.1) is 6.61 Å². The Morgan fingerprint density at radius 2 is 2.00 bits per heavy atom. The molecule has 1 aromatic heterocycles. The standard InChI is InChI=1S/C11H16ClNO/c12-8-4-1-2-6-10-14-11-7-3-5-9-13-11/h3,5,7,9H,1-2,4,6,8,10H2. The van der Waals surface area contributed by atoms with E-state index in [0.29, 0.717) is 5.88 Å². The SMILES string of the molecule is ClCCCCCCOc1ccccn1. The van der Waals surface area contributed by atoms with E-state index >= 15 is 0 Å². The average Bonchev–Trinajstić information content (AvgIpc) is 2.25. The monoisotopic (exact) mass is 213 g/mol. The summed E-state index contributed by atoms with van der Waals surface area (Å²) < 4.78 is 5.44. The number of halogens is 1. The summed E-state index contributed by atoms with van der Waals surface area (Å²) in [6.45, 7) is 0.749. The van der Waals surface area contributed by atoms with E-state index in [4.69, 9.17) is 16.3 Å². The number of pyridine rings is 1. The molecule has 14 heavy (non-hydrogen) atoms. The summed E-state index contributed by atoms with van der Waals surface area (Å²) in [5.41, 5.74) is 0. The van der Waals surface area contributed by atoms with Gasteiger partial charge in [-0.2, -0.15) is 0 Å². The summed E-state index contributed by atoms with van der Waals surface area (Å²) in [4.78, 5) is 4.07. The number of aromatic nitrogens is 1. The summed E-state index contributed by atoms with van der Waals surface area (Å²) in [5.74, 6) is 1.48. The topological polar surface area (TPSA) is 22.1 Å². The van der Waals surface area contributed by atoms with E-state index in [2.05, 4.69) is 4.98 Å². The van der Waals surface area contributed by atoms with Crippen LogP contribution >= 0.6 is 11.6 Å². The molecule has 0 saturated heterocycles. The lowest BCUT2D eigenvalue weighted by Gasteiger charge is -2.03. The number of hydrogen-bond donors (Lipinski definition) is 0. The molecule has 0 radical (unpaired) electrons. The van der Waals surface area contributed by atoms with Crippen LogP contribution in [0.5, 0.6) is 5.88 Å². The van der Waals surface area contributed by atoms with E-state index in [1.165, 1.54) is 12.8 Å². The fraction of sp³-hybridized carbons (Fsp3) is 0.545. The molecule has 0 aliphatic rings. The number of rotatable bonds is 7. The van der Waals surface area contributed by atoms with Gasteiger partial charge in [-0.05, 0) is 18.9 Å². The third-order valence-corrected chi connectivity index (χ3v) is 2.18. The second-order valence-corrected chi connectivity index (χ2v) is 3.50. The van der Waals surface area contributed by atoms with Gasteiger partial charge in [-0.15, -0.1) is 11.6 Å². The van der Waals surface area contributed by atoms with Crippen molar-refractivity contribution in [3.8, 4) is 5.88 Å². The van der Waals surface area contributed by atoms with Crippen LogP contribution in [0.25, 0.3) is 0 Å². The van der Waals surface area contributed by atoms with E-state index in [1.54, 1.807) is 6.20 Å². The maximum absolute atomic E-state index is 5.57. The molecular weight excluding hydrogens is 198 g/mol. The summed E-state index contributed by atoms with van der Waals surface area (Å²) >= 11 is 5.57. The largest absolute Gasteiger partial charge is 0.478 e. The zero-order chi connectivity index (χ0) is 10.1. The molecule has 0 aliphatic heterocycles. The maximum Gasteiger partial charge on any atom is 0.213 e. The van der Waals surface area contributed by atoms with Gasteiger partial charge >= 0.3 is 0 Å². The highest BCUT2D eigenvalue weighted by molar-refractivity contribution is 6.17. The van der Waals surface area contributed by atoms with Crippen LogP contribution in [0.15, 0.2) is 24.4 Å². The summed E-state index contributed by atoms with van der Waals surface area (Å²) in [5, 5.41) is 0. The van der Waals surface area contributed by atoms with E-state index in [-0.39, 0.29) is 0 Å². The lowest BCUT2D eigenvalue weighted by atomic mass is 10.2. The maximum atomic E-state index is 5.57. The van der Waals surface area contributed by atoms with Gasteiger partial charge in [0.2, 0.25) is 5.88 Å². The third kappa shape index (κ3) is 5.07. The second-order valence-electron chi connectivity index (χ2n) is 3.12. The fourth-order valence-electron chi connectivity index (χ4n) is 1.16. The molecule has 0 spiro atoms. The molecular formula is C11H16ClNO. The van der Waals surface area contributed by atoms with Gasteiger partial charge in [-0.3, -0.25) is 0 Å². The smallest absolute Gasteiger partial charge is 0.213 e. The normalized spacial score (nSPS) is 10.1. The van der Waals surface area contributed by atoms with Crippen molar-refractivity contribution in [2.24, 2.45) is 0 Å². The minimum absolute atomic E-state index is 0.713. The van der Waals surface area contributed by atoms with Crippen LogP contribution in [0.4, 0.5) is 0 Å². The molecule has 0 amide bonds. The van der Waals surface area contributed by atoms with Gasteiger partial charge in [0.25, 0.3) is 0 Å². The molecule has 3 heteroatoms. The molecule has 0 unspecified atom stereocenters. The van der Waals surface area contributed by atoms with E-state index in [1.807, 2.05) is 18.2 Å². The Bertz CT molecular complexity index is 228. The van der Waals surface area contributed by atoms with E-state index in [0.717, 1.165) is 25.3 Å². The molecule has 0 aliphatic carbocycles. The van der Waals surface area contributed by atoms with Crippen LogP contribution in [0.3, 0.4) is 0 Å². The molecule has 0 N–H and O–H groups in total. The molecule has 1 aromatic rings. The number of alkyl halides is 1. The Kier molecular flexibility index (Phi) is 6.16. The summed E-state index contributed by atoms with van der Waals surface area (Å²) in [6.07, 6.45) is 6.29. The highest BCUT2D eigenvalue weighted by Gasteiger charge is 1.93. The van der Waals surface area contributed by atoms with Crippen LogP contribution in [0.2, 0.25) is 0 Å². The zero-order valence-electron chi connectivity index (χ0n) is 8.29. The van der Waals surface area contributed by atoms with Gasteiger partial charge < -0.3 is 4.74 Å². The number of hydrogen-bond acceptors (Lipinski definition) is 2. The fourth-order valence-corrected chi connectivity index (χ4v) is 1.35. The first-order chi connectivity index (χ1) is 6.93. The van der Waals surface area contributed by atoms with Crippen molar-refractivity contribution in [2.45, 2.75) is 25.7 Å². The van der Waals surface area contributed by atoms with Crippen molar-refractivity contribution in [3.05, 3.63) is 24.4 Å². The van der Waals surface area contributed by atoms with Crippen LogP contribution in [0.1, 0.15) is 25.7 Å². The van der Waals surface area contributed by atoms with Crippen molar-refractivity contribution < 1.29 is 4.74 Å². The van der Waals surface area contributed by atoms with Gasteiger partial charge in [0.1, 0.15) is 0 Å². The lowest BCUT2D eigenvalue weighted by Crippen LogP contribution is -1.98. The summed E-state index contributed by atoms with van der Waals surface area (Å²) in [7, 11) is 0. The lowest BCUT2D eigenvalue weighted by molar-refractivity contribution is 0.294. The molecule has 78 valence electrons. The molecule has 0 fully saturated rings. The minimum atomic E-state index is 0.713. The molecule has 1 heterocycles. The Hall–Kier alpha value is -0.760. The molecule has 2 nitrogen and oxygen atoms in total. The first-order valence-electron chi connectivity index (χ1n) is 5.03. The zero-order valence-corrected chi connectivity index (χ0v) is 9.04. The van der Waals surface area contributed by atoms with Crippen LogP contribution in [-0.4, -0.2) is 17.5 Å². The Morgan fingerprint density at radius 1 is 1.14 bits per heavy atom. The predicted octanol–water partition coefficient (Wildman–Crippen LogP) is 3.26. The highest BCUT2D eigenvalue weighted by atomic mass is 35.5. The van der Waals surface area contributed by atoms with Crippen molar-refractivity contribution >= 4 is 11.6 Å². The van der Waals surface area contributed by atoms with Crippen molar-refractivity contribution in [1.82, 2.24) is 4.98 Å². The third-order valence-electron chi connectivity index (χ3n) is 1.92. The van der Waals surface area contributed by atoms with Crippen molar-refractivity contribution in [1.29, 1.82) is 0 Å². The molecule has 0 atom stereocenters. The van der Waals surface area contributed by atoms with Crippen LogP contribution in [-0.2, 0) is 0 Å². The first-order valence-corrected chi connectivity index (χ1v) is 5.57. The number of ether oxygens (including phenoxy) is 1. The Morgan fingerprint density at radius 3 is 2.71 bits per heavy atom. The van der Waals surface area contributed by atoms with Gasteiger partial charge in [-0.25, -0.2) is 4.98 Å². The van der Waals surface area contributed by atoms with Crippen LogP contribution in [0, 0.1) is 0 Å². The highest BCUT2D eigenvalue weighted by Crippen LogP contribution is 2.06. The summed E-state index contributed by atoms with van der Waals surface area (Å²) in [6, 6.07) is 5.68.